The van der Waals surface area contributed by atoms with E-state index in [1.54, 1.807) is 0 Å². The van der Waals surface area contributed by atoms with Crippen molar-refractivity contribution >= 4 is 24.0 Å². The second kappa shape index (κ2) is 12.6. The van der Waals surface area contributed by atoms with Crippen molar-refractivity contribution in [3.05, 3.63) is 29.8 Å². The Bertz CT molecular complexity index is 402. The van der Waals surface area contributed by atoms with Gasteiger partial charge in [0.1, 0.15) is 6.61 Å². The van der Waals surface area contributed by atoms with Crippen LogP contribution in [-0.2, 0) is 20.8 Å². The van der Waals surface area contributed by atoms with E-state index in [1.807, 2.05) is 38.1 Å². The molecule has 0 fully saturated rings. The van der Waals surface area contributed by atoms with Crippen molar-refractivity contribution in [2.75, 3.05) is 38.3 Å². The molecule has 1 rings (SSSR count). The third kappa shape index (κ3) is 8.67. The fourth-order valence-electron chi connectivity index (χ4n) is 1.67. The number of rotatable bonds is 10. The topological polar surface area (TPSA) is 59.6 Å². The number of ether oxygens (including phenoxy) is 2. The third-order valence-corrected chi connectivity index (χ3v) is 2.67. The molecule has 21 heavy (non-hydrogen) atoms. The predicted octanol–water partition coefficient (Wildman–Crippen LogP) is 2.21. The third-order valence-electron chi connectivity index (χ3n) is 2.67. The first-order chi connectivity index (χ1) is 9.77. The van der Waals surface area contributed by atoms with E-state index in [1.165, 1.54) is 0 Å². The highest BCUT2D eigenvalue weighted by Crippen LogP contribution is 2.14. The van der Waals surface area contributed by atoms with Gasteiger partial charge in [0.2, 0.25) is 5.91 Å². The number of hydrogen-bond donors (Lipinski definition) is 2. The molecule has 0 bridgehead atoms. The smallest absolute Gasteiger partial charge is 0.250 e. The van der Waals surface area contributed by atoms with E-state index in [0.29, 0.717) is 19.8 Å². The van der Waals surface area contributed by atoms with Gasteiger partial charge in [-0.05, 0) is 25.1 Å². The van der Waals surface area contributed by atoms with Crippen LogP contribution in [0.4, 0.5) is 5.69 Å². The van der Waals surface area contributed by atoms with Gasteiger partial charge in [0.15, 0.2) is 0 Å². The molecule has 120 valence electrons. The standard InChI is InChI=1S/C15H24N2O3.ClH/c1-3-16-11-13-7-5-6-8-14(13)17-15(18)12-20-10-9-19-4-2;/h5-8,16H,3-4,9-12H2,1-2H3,(H,17,18);1H. The summed E-state index contributed by atoms with van der Waals surface area (Å²) in [5, 5.41) is 6.11. The molecule has 0 aliphatic carbocycles. The van der Waals surface area contributed by atoms with Crippen LogP contribution in [-0.4, -0.2) is 38.9 Å². The number of anilines is 1. The molecule has 0 aromatic heterocycles. The Morgan fingerprint density at radius 3 is 2.57 bits per heavy atom. The van der Waals surface area contributed by atoms with Crippen LogP contribution >= 0.6 is 12.4 Å². The quantitative estimate of drug-likeness (QED) is 0.650. The van der Waals surface area contributed by atoms with Crippen LogP contribution in [0.25, 0.3) is 0 Å². The molecular formula is C15H25ClN2O3. The Labute approximate surface area is 132 Å². The normalized spacial score (nSPS) is 10.0. The van der Waals surface area contributed by atoms with Gasteiger partial charge in [0.25, 0.3) is 0 Å². The molecule has 0 saturated heterocycles. The van der Waals surface area contributed by atoms with E-state index in [2.05, 4.69) is 10.6 Å². The Hall–Kier alpha value is -1.14. The van der Waals surface area contributed by atoms with Gasteiger partial charge in [-0.2, -0.15) is 0 Å². The van der Waals surface area contributed by atoms with Gasteiger partial charge in [0, 0.05) is 18.8 Å². The highest BCUT2D eigenvalue weighted by atomic mass is 35.5. The maximum absolute atomic E-state index is 11.8. The Kier molecular flexibility index (Phi) is 11.9. The molecule has 0 heterocycles. The van der Waals surface area contributed by atoms with Gasteiger partial charge in [-0.1, -0.05) is 25.1 Å². The summed E-state index contributed by atoms with van der Waals surface area (Å²) in [5.41, 5.74) is 1.89. The lowest BCUT2D eigenvalue weighted by atomic mass is 10.1. The highest BCUT2D eigenvalue weighted by Gasteiger charge is 2.06. The number of halogens is 1. The zero-order valence-corrected chi connectivity index (χ0v) is 13.5. The van der Waals surface area contributed by atoms with Crippen LogP contribution in [0.2, 0.25) is 0 Å². The fourth-order valence-corrected chi connectivity index (χ4v) is 1.67. The van der Waals surface area contributed by atoms with Crippen LogP contribution in [0.1, 0.15) is 19.4 Å². The first kappa shape index (κ1) is 19.9. The molecule has 1 aromatic carbocycles. The van der Waals surface area contributed by atoms with Crippen molar-refractivity contribution in [3.8, 4) is 0 Å². The SMILES string of the molecule is CCNCc1ccccc1NC(=O)COCCOCC.Cl. The minimum Gasteiger partial charge on any atom is -0.379 e. The predicted molar refractivity (Wildman–Crippen MR) is 87.0 cm³/mol. The lowest BCUT2D eigenvalue weighted by molar-refractivity contribution is -0.121. The van der Waals surface area contributed by atoms with Crippen molar-refractivity contribution in [2.24, 2.45) is 0 Å². The first-order valence-corrected chi connectivity index (χ1v) is 7.01. The Morgan fingerprint density at radius 2 is 1.86 bits per heavy atom. The lowest BCUT2D eigenvalue weighted by Gasteiger charge is -2.11. The number of carbonyl (C=O) groups is 1. The monoisotopic (exact) mass is 316 g/mol. The number of para-hydroxylation sites is 1. The van der Waals surface area contributed by atoms with E-state index in [-0.39, 0.29) is 24.9 Å². The number of carbonyl (C=O) groups excluding carboxylic acids is 1. The van der Waals surface area contributed by atoms with Crippen LogP contribution in [0.3, 0.4) is 0 Å². The summed E-state index contributed by atoms with van der Waals surface area (Å²) < 4.78 is 10.4. The van der Waals surface area contributed by atoms with E-state index in [0.717, 1.165) is 24.3 Å². The average molecular weight is 317 g/mol. The lowest BCUT2D eigenvalue weighted by Crippen LogP contribution is -2.21. The van der Waals surface area contributed by atoms with Crippen LogP contribution in [0.5, 0.6) is 0 Å². The number of nitrogens with one attached hydrogen (secondary N) is 2. The van der Waals surface area contributed by atoms with Crippen LogP contribution < -0.4 is 10.6 Å². The van der Waals surface area contributed by atoms with Gasteiger partial charge in [0.05, 0.1) is 13.2 Å². The van der Waals surface area contributed by atoms with Crippen molar-refractivity contribution in [1.29, 1.82) is 0 Å². The molecule has 5 nitrogen and oxygen atoms in total. The largest absolute Gasteiger partial charge is 0.379 e. The van der Waals surface area contributed by atoms with E-state index >= 15 is 0 Å². The van der Waals surface area contributed by atoms with Gasteiger partial charge >= 0.3 is 0 Å². The van der Waals surface area contributed by atoms with Crippen LogP contribution in [0.15, 0.2) is 24.3 Å². The molecule has 0 radical (unpaired) electrons. The van der Waals surface area contributed by atoms with Gasteiger partial charge in [-0.3, -0.25) is 4.79 Å². The molecule has 1 amide bonds. The molecule has 0 saturated carbocycles. The molecule has 0 atom stereocenters. The van der Waals surface area contributed by atoms with Crippen molar-refractivity contribution < 1.29 is 14.3 Å². The zero-order chi connectivity index (χ0) is 14.6. The molecule has 2 N–H and O–H groups in total. The summed E-state index contributed by atoms with van der Waals surface area (Å²) in [7, 11) is 0. The second-order valence-electron chi connectivity index (χ2n) is 4.24. The average Bonchev–Trinajstić information content (AvgIpc) is 2.46. The van der Waals surface area contributed by atoms with E-state index in [9.17, 15) is 4.79 Å². The minimum atomic E-state index is -0.148. The van der Waals surface area contributed by atoms with Crippen molar-refractivity contribution in [2.45, 2.75) is 20.4 Å². The van der Waals surface area contributed by atoms with Crippen molar-refractivity contribution in [3.63, 3.8) is 0 Å². The van der Waals surface area contributed by atoms with Gasteiger partial charge < -0.3 is 20.1 Å². The minimum absolute atomic E-state index is 0. The summed E-state index contributed by atoms with van der Waals surface area (Å²) in [6.07, 6.45) is 0. The molecular weight excluding hydrogens is 292 g/mol. The summed E-state index contributed by atoms with van der Waals surface area (Å²) in [6.45, 7) is 7.25. The van der Waals surface area contributed by atoms with Gasteiger partial charge in [-0.15, -0.1) is 12.4 Å². The summed E-state index contributed by atoms with van der Waals surface area (Å²) in [6, 6.07) is 7.75. The van der Waals surface area contributed by atoms with E-state index < -0.39 is 0 Å². The highest BCUT2D eigenvalue weighted by molar-refractivity contribution is 5.92. The van der Waals surface area contributed by atoms with E-state index in [4.69, 9.17) is 9.47 Å². The molecule has 0 aliphatic rings. The Morgan fingerprint density at radius 1 is 1.14 bits per heavy atom. The number of benzene rings is 1. The molecule has 0 aliphatic heterocycles. The second-order valence-corrected chi connectivity index (χ2v) is 4.24. The molecule has 6 heteroatoms. The maximum atomic E-state index is 11.8. The summed E-state index contributed by atoms with van der Waals surface area (Å²) in [4.78, 5) is 11.8. The molecule has 1 aromatic rings. The maximum Gasteiger partial charge on any atom is 0.250 e. The first-order valence-electron chi connectivity index (χ1n) is 7.01. The zero-order valence-electron chi connectivity index (χ0n) is 12.7. The summed E-state index contributed by atoms with van der Waals surface area (Å²) >= 11 is 0. The summed E-state index contributed by atoms with van der Waals surface area (Å²) in [5.74, 6) is -0.148. The molecule has 0 unspecified atom stereocenters. The van der Waals surface area contributed by atoms with Crippen molar-refractivity contribution in [1.82, 2.24) is 5.32 Å². The molecule has 0 spiro atoms. The van der Waals surface area contributed by atoms with Gasteiger partial charge in [-0.25, -0.2) is 0 Å². The number of hydrogen-bond acceptors (Lipinski definition) is 4. The fraction of sp³-hybridized carbons (Fsp3) is 0.533. The number of amides is 1. The Balaban J connectivity index is 0.00000400. The van der Waals surface area contributed by atoms with Crippen LogP contribution in [0, 0.1) is 0 Å².